The van der Waals surface area contributed by atoms with E-state index in [9.17, 15) is 18.0 Å². The Morgan fingerprint density at radius 3 is 2.59 bits per heavy atom. The number of hydrogen-bond acceptors (Lipinski definition) is 3. The van der Waals surface area contributed by atoms with Crippen molar-refractivity contribution >= 4 is 28.9 Å². The zero-order chi connectivity index (χ0) is 27.6. The molecule has 39 heavy (non-hydrogen) atoms. The Labute approximate surface area is 229 Å². The van der Waals surface area contributed by atoms with Crippen LogP contribution in [0.15, 0.2) is 91.3 Å². The molecule has 0 spiro atoms. The first-order valence-electron chi connectivity index (χ1n) is 12.4. The summed E-state index contributed by atoms with van der Waals surface area (Å²) in [5.74, 6) is -0.166. The van der Waals surface area contributed by atoms with E-state index in [1.54, 1.807) is 29.1 Å². The normalized spacial score (nSPS) is 17.2. The number of aromatic nitrogens is 2. The number of para-hydroxylation sites is 1. The number of nitrogens with zero attached hydrogens (tertiary/aromatic N) is 3. The fourth-order valence-electron chi connectivity index (χ4n) is 4.82. The molecule has 2 N–H and O–H groups in total. The Hall–Kier alpha value is -4.18. The van der Waals surface area contributed by atoms with Gasteiger partial charge in [0.2, 0.25) is 5.91 Å². The van der Waals surface area contributed by atoms with Crippen molar-refractivity contribution in [2.75, 3.05) is 11.9 Å². The van der Waals surface area contributed by atoms with Crippen molar-refractivity contribution in [3.05, 3.63) is 114 Å². The number of thiocarbonyl (C=S) groups is 1. The Morgan fingerprint density at radius 1 is 1.05 bits per heavy atom. The van der Waals surface area contributed by atoms with Crippen molar-refractivity contribution in [1.82, 2.24) is 19.8 Å². The zero-order valence-corrected chi connectivity index (χ0v) is 21.8. The number of amides is 1. The maximum absolute atomic E-state index is 13.5. The van der Waals surface area contributed by atoms with Crippen molar-refractivity contribution in [1.29, 1.82) is 0 Å². The maximum atomic E-state index is 13.5. The van der Waals surface area contributed by atoms with Crippen LogP contribution in [-0.4, -0.2) is 32.0 Å². The van der Waals surface area contributed by atoms with Gasteiger partial charge in [-0.25, -0.2) is 0 Å². The smallest absolute Gasteiger partial charge is 0.352 e. The Balaban J connectivity index is 1.47. The molecule has 2 unspecified atom stereocenters. The summed E-state index contributed by atoms with van der Waals surface area (Å²) in [5.41, 5.74) is 2.79. The summed E-state index contributed by atoms with van der Waals surface area (Å²) in [6.45, 7) is 2.22. The third-order valence-corrected chi connectivity index (χ3v) is 7.08. The average molecular weight is 550 g/mol. The lowest BCUT2D eigenvalue weighted by atomic mass is 10.0. The van der Waals surface area contributed by atoms with Crippen LogP contribution in [0.4, 0.5) is 18.9 Å². The lowest BCUT2D eigenvalue weighted by molar-refractivity contribution is -0.137. The second-order valence-corrected chi connectivity index (χ2v) is 9.67. The number of halogens is 3. The molecule has 0 bridgehead atoms. The second kappa shape index (κ2) is 10.9. The molecule has 5 rings (SSSR count). The molecule has 1 amide bonds. The Morgan fingerprint density at radius 2 is 1.85 bits per heavy atom. The number of nitrogens with one attached hydrogen (secondary N) is 2. The van der Waals surface area contributed by atoms with E-state index in [4.69, 9.17) is 12.2 Å². The Kier molecular flexibility index (Phi) is 7.38. The van der Waals surface area contributed by atoms with E-state index in [2.05, 4.69) is 15.6 Å². The molecule has 0 radical (unpaired) electrons. The van der Waals surface area contributed by atoms with Crippen LogP contribution in [0, 0.1) is 6.92 Å². The van der Waals surface area contributed by atoms with E-state index >= 15 is 0 Å². The SMILES string of the molecule is Cc1ccccc1NC(=O)CCN1C(=S)NC(c2ccccn2)C1c1cccn1-c1cccc(C(F)(F)F)c1. The van der Waals surface area contributed by atoms with Crippen LogP contribution in [0.1, 0.15) is 41.0 Å². The van der Waals surface area contributed by atoms with Crippen molar-refractivity contribution in [3.8, 4) is 5.69 Å². The highest BCUT2D eigenvalue weighted by atomic mass is 32.1. The third-order valence-electron chi connectivity index (χ3n) is 6.73. The molecule has 2 aromatic carbocycles. The second-order valence-electron chi connectivity index (χ2n) is 9.28. The monoisotopic (exact) mass is 549 g/mol. The summed E-state index contributed by atoms with van der Waals surface area (Å²) >= 11 is 5.70. The molecule has 1 saturated heterocycles. The summed E-state index contributed by atoms with van der Waals surface area (Å²) in [5, 5.41) is 6.71. The molecule has 200 valence electrons. The molecular weight excluding hydrogens is 523 g/mol. The molecule has 6 nitrogen and oxygen atoms in total. The zero-order valence-electron chi connectivity index (χ0n) is 21.0. The third kappa shape index (κ3) is 5.65. The van der Waals surface area contributed by atoms with Gasteiger partial charge in [-0.1, -0.05) is 30.3 Å². The fraction of sp³-hybridized carbons (Fsp3) is 0.207. The summed E-state index contributed by atoms with van der Waals surface area (Å²) in [4.78, 5) is 19.3. The number of alkyl halides is 3. The van der Waals surface area contributed by atoms with Crippen molar-refractivity contribution in [2.45, 2.75) is 31.6 Å². The van der Waals surface area contributed by atoms with Crippen molar-refractivity contribution in [3.63, 3.8) is 0 Å². The number of carbonyl (C=O) groups is 1. The van der Waals surface area contributed by atoms with Crippen LogP contribution in [0.3, 0.4) is 0 Å². The van der Waals surface area contributed by atoms with Crippen LogP contribution < -0.4 is 10.6 Å². The van der Waals surface area contributed by atoms with E-state index in [0.29, 0.717) is 17.3 Å². The van der Waals surface area contributed by atoms with Crippen LogP contribution in [-0.2, 0) is 11.0 Å². The van der Waals surface area contributed by atoms with Crippen LogP contribution >= 0.6 is 12.2 Å². The molecule has 2 aromatic heterocycles. The molecule has 0 saturated carbocycles. The van der Waals surface area contributed by atoms with Crippen LogP contribution in [0.2, 0.25) is 0 Å². The van der Waals surface area contributed by atoms with Gasteiger partial charge in [0, 0.05) is 42.4 Å². The quantitative estimate of drug-likeness (QED) is 0.269. The van der Waals surface area contributed by atoms with Crippen LogP contribution in [0.25, 0.3) is 5.69 Å². The summed E-state index contributed by atoms with van der Waals surface area (Å²) in [7, 11) is 0. The largest absolute Gasteiger partial charge is 0.416 e. The molecule has 1 aliphatic rings. The molecule has 1 fully saturated rings. The van der Waals surface area contributed by atoms with Gasteiger partial charge in [-0.05, 0) is 73.2 Å². The molecule has 10 heteroatoms. The van der Waals surface area contributed by atoms with E-state index in [0.717, 1.165) is 34.8 Å². The van der Waals surface area contributed by atoms with E-state index in [1.807, 2.05) is 60.4 Å². The van der Waals surface area contributed by atoms with Gasteiger partial charge < -0.3 is 20.1 Å². The predicted octanol–water partition coefficient (Wildman–Crippen LogP) is 6.20. The van der Waals surface area contributed by atoms with Crippen molar-refractivity contribution in [2.24, 2.45) is 0 Å². The molecular formula is C29H26F3N5OS. The van der Waals surface area contributed by atoms with Gasteiger partial charge in [0.15, 0.2) is 5.11 Å². The van der Waals surface area contributed by atoms with Crippen LogP contribution in [0.5, 0.6) is 0 Å². The maximum Gasteiger partial charge on any atom is 0.416 e. The van der Waals surface area contributed by atoms with Gasteiger partial charge in [-0.3, -0.25) is 9.78 Å². The van der Waals surface area contributed by atoms with Gasteiger partial charge in [0.05, 0.1) is 23.3 Å². The summed E-state index contributed by atoms with van der Waals surface area (Å²) in [6.07, 6.45) is -0.898. The highest BCUT2D eigenvalue weighted by Crippen LogP contribution is 2.40. The number of pyridine rings is 1. The number of rotatable bonds is 7. The van der Waals surface area contributed by atoms with Gasteiger partial charge in [0.1, 0.15) is 0 Å². The van der Waals surface area contributed by atoms with E-state index in [1.165, 1.54) is 6.07 Å². The molecule has 3 heterocycles. The van der Waals surface area contributed by atoms with Gasteiger partial charge >= 0.3 is 6.18 Å². The van der Waals surface area contributed by atoms with Gasteiger partial charge in [0.25, 0.3) is 0 Å². The Bertz CT molecular complexity index is 1490. The predicted molar refractivity (Wildman–Crippen MR) is 147 cm³/mol. The summed E-state index contributed by atoms with van der Waals surface area (Å²) < 4.78 is 42.2. The minimum Gasteiger partial charge on any atom is -0.352 e. The molecule has 0 aliphatic carbocycles. The minimum absolute atomic E-state index is 0.159. The van der Waals surface area contributed by atoms with Crippen molar-refractivity contribution < 1.29 is 18.0 Å². The standard InChI is InChI=1S/C29H26F3N5OS/c1-19-8-2-3-11-22(19)34-25(38)14-17-37-27(26(35-28(37)39)23-12-4-5-15-33-23)24-13-7-16-36(24)21-10-6-9-20(18-21)29(30,31)32/h2-13,15-16,18,26-27H,14,17H2,1H3,(H,34,38)(H,35,39). The van der Waals surface area contributed by atoms with E-state index in [-0.39, 0.29) is 18.4 Å². The minimum atomic E-state index is -4.47. The van der Waals surface area contributed by atoms with E-state index < -0.39 is 17.8 Å². The number of benzene rings is 2. The van der Waals surface area contributed by atoms with Gasteiger partial charge in [-0.15, -0.1) is 0 Å². The highest BCUT2D eigenvalue weighted by Gasteiger charge is 2.41. The lowest BCUT2D eigenvalue weighted by Crippen LogP contribution is -2.33. The molecule has 2 atom stereocenters. The number of hydrogen-bond donors (Lipinski definition) is 2. The fourth-order valence-corrected chi connectivity index (χ4v) is 5.15. The number of anilines is 1. The first-order chi connectivity index (χ1) is 18.7. The lowest BCUT2D eigenvalue weighted by Gasteiger charge is -2.29. The number of carbonyl (C=O) groups excluding carboxylic acids is 1. The van der Waals surface area contributed by atoms with Gasteiger partial charge in [-0.2, -0.15) is 13.2 Å². The first kappa shape index (κ1) is 26.4. The topological polar surface area (TPSA) is 62.2 Å². The molecule has 4 aromatic rings. The number of aryl methyl sites for hydroxylation is 1. The highest BCUT2D eigenvalue weighted by molar-refractivity contribution is 7.80. The molecule has 1 aliphatic heterocycles. The average Bonchev–Trinajstić information content (AvgIpc) is 3.53. The summed E-state index contributed by atoms with van der Waals surface area (Å²) in [6, 6.07) is 21.1. The first-order valence-corrected chi connectivity index (χ1v) is 12.8.